The van der Waals surface area contributed by atoms with Gasteiger partial charge in [0.1, 0.15) is 0 Å². The van der Waals surface area contributed by atoms with Gasteiger partial charge in [-0.25, -0.2) is 0 Å². The van der Waals surface area contributed by atoms with E-state index in [1.165, 1.54) is 37.7 Å². The van der Waals surface area contributed by atoms with Crippen molar-refractivity contribution in [2.45, 2.75) is 38.0 Å². The van der Waals surface area contributed by atoms with Gasteiger partial charge < -0.3 is 0 Å². The van der Waals surface area contributed by atoms with Crippen molar-refractivity contribution in [1.29, 1.82) is 0 Å². The van der Waals surface area contributed by atoms with Crippen LogP contribution in [0.15, 0.2) is 43.0 Å². The maximum atomic E-state index is 3.99. The minimum atomic E-state index is 0.492. The first-order valence-corrected chi connectivity index (χ1v) is 5.94. The summed E-state index contributed by atoms with van der Waals surface area (Å²) < 4.78 is 0. The van der Waals surface area contributed by atoms with Gasteiger partial charge in [0.25, 0.3) is 0 Å². The Morgan fingerprint density at radius 2 is 1.67 bits per heavy atom. The fourth-order valence-electron chi connectivity index (χ4n) is 2.52. The third-order valence-electron chi connectivity index (χ3n) is 3.33. The molecule has 0 aromatic heterocycles. The molecular formula is C15H19. The normalized spacial score (nSPS) is 19.7. The average molecular weight is 199 g/mol. The Hall–Kier alpha value is -1.04. The zero-order valence-electron chi connectivity index (χ0n) is 9.28. The molecular weight excluding hydrogens is 180 g/mol. The van der Waals surface area contributed by atoms with E-state index in [1.807, 2.05) is 0 Å². The summed E-state index contributed by atoms with van der Waals surface area (Å²) in [5.41, 5.74) is 1.41. The molecule has 1 aromatic carbocycles. The van der Waals surface area contributed by atoms with Crippen LogP contribution in [0.25, 0.3) is 0 Å². The van der Waals surface area contributed by atoms with E-state index in [2.05, 4.69) is 43.0 Å². The van der Waals surface area contributed by atoms with Crippen molar-refractivity contribution in [3.8, 4) is 0 Å². The molecule has 1 aliphatic rings. The molecule has 0 heterocycles. The molecule has 15 heavy (non-hydrogen) atoms. The number of allylic oxidation sites excluding steroid dienone is 1. The molecule has 0 nitrogen and oxygen atoms in total. The van der Waals surface area contributed by atoms with Gasteiger partial charge in [0.05, 0.1) is 0 Å². The Morgan fingerprint density at radius 3 is 2.27 bits per heavy atom. The highest BCUT2D eigenvalue weighted by molar-refractivity contribution is 5.30. The lowest BCUT2D eigenvalue weighted by Gasteiger charge is -2.27. The molecule has 1 unspecified atom stereocenters. The molecule has 1 fully saturated rings. The third-order valence-corrected chi connectivity index (χ3v) is 3.33. The molecule has 0 saturated heterocycles. The van der Waals surface area contributed by atoms with E-state index >= 15 is 0 Å². The van der Waals surface area contributed by atoms with E-state index in [0.29, 0.717) is 5.92 Å². The molecule has 1 atom stereocenters. The Bertz CT molecular complexity index is 293. The van der Waals surface area contributed by atoms with Crippen LogP contribution < -0.4 is 0 Å². The van der Waals surface area contributed by atoms with E-state index in [9.17, 15) is 0 Å². The number of benzene rings is 1. The molecule has 0 heteroatoms. The van der Waals surface area contributed by atoms with Crippen LogP contribution in [0.5, 0.6) is 0 Å². The lowest BCUT2D eigenvalue weighted by atomic mass is 9.77. The Balaban J connectivity index is 2.12. The highest BCUT2D eigenvalue weighted by Gasteiger charge is 2.22. The smallest absolute Gasteiger partial charge is 0.00774 e. The monoisotopic (exact) mass is 199 g/mol. The van der Waals surface area contributed by atoms with Crippen LogP contribution in [0.2, 0.25) is 0 Å². The van der Waals surface area contributed by atoms with Crippen molar-refractivity contribution in [2.24, 2.45) is 0 Å². The maximum absolute atomic E-state index is 3.99. The summed E-state index contributed by atoms with van der Waals surface area (Å²) in [6, 6.07) is 10.8. The third kappa shape index (κ3) is 2.50. The van der Waals surface area contributed by atoms with Gasteiger partial charge in [-0.15, -0.1) is 6.58 Å². The van der Waals surface area contributed by atoms with E-state index in [-0.39, 0.29) is 0 Å². The standard InChI is InChI=1S/C15H19/c1-2-15(13-9-5-3-6-10-13)14-11-7-4-8-12-14/h2-3,5-6,9-10,15H,1,4,7-8,11-12H2. The van der Waals surface area contributed by atoms with Crippen LogP contribution in [0.4, 0.5) is 0 Å². The second-order valence-corrected chi connectivity index (χ2v) is 4.34. The molecule has 2 rings (SSSR count). The van der Waals surface area contributed by atoms with Gasteiger partial charge in [-0.3, -0.25) is 0 Å². The number of hydrogen-bond donors (Lipinski definition) is 0. The Kier molecular flexibility index (Phi) is 3.60. The van der Waals surface area contributed by atoms with Crippen molar-refractivity contribution in [2.75, 3.05) is 0 Å². The fraction of sp³-hybridized carbons (Fsp3) is 0.400. The quantitative estimate of drug-likeness (QED) is 0.629. The second kappa shape index (κ2) is 5.16. The summed E-state index contributed by atoms with van der Waals surface area (Å²) in [4.78, 5) is 0. The molecule has 0 aliphatic heterocycles. The SMILES string of the molecule is C=CC([C]1CCCCC1)c1ccccc1. The highest BCUT2D eigenvalue weighted by Crippen LogP contribution is 2.38. The molecule has 1 aromatic rings. The largest absolute Gasteiger partial charge is 0.102 e. The van der Waals surface area contributed by atoms with Gasteiger partial charge >= 0.3 is 0 Å². The summed E-state index contributed by atoms with van der Waals surface area (Å²) in [5, 5.41) is 0. The molecule has 0 spiro atoms. The summed E-state index contributed by atoms with van der Waals surface area (Å²) in [5.74, 6) is 2.17. The van der Waals surface area contributed by atoms with Crippen molar-refractivity contribution in [1.82, 2.24) is 0 Å². The summed E-state index contributed by atoms with van der Waals surface area (Å²) >= 11 is 0. The van der Waals surface area contributed by atoms with Gasteiger partial charge in [-0.1, -0.05) is 55.7 Å². The average Bonchev–Trinajstić information content (AvgIpc) is 2.33. The lowest BCUT2D eigenvalue weighted by molar-refractivity contribution is 0.502. The Labute approximate surface area is 93.0 Å². The first-order chi connectivity index (χ1) is 7.42. The molecule has 0 bridgehead atoms. The highest BCUT2D eigenvalue weighted by atomic mass is 14.3. The van der Waals surface area contributed by atoms with Crippen LogP contribution in [0.1, 0.15) is 43.6 Å². The van der Waals surface area contributed by atoms with Gasteiger partial charge in [-0.2, -0.15) is 0 Å². The minimum absolute atomic E-state index is 0.492. The van der Waals surface area contributed by atoms with E-state index < -0.39 is 0 Å². The maximum Gasteiger partial charge on any atom is 0.00774 e. The van der Waals surface area contributed by atoms with Crippen LogP contribution in [0, 0.1) is 5.92 Å². The Morgan fingerprint density at radius 1 is 1.00 bits per heavy atom. The molecule has 1 radical (unpaired) electrons. The van der Waals surface area contributed by atoms with Crippen LogP contribution in [-0.4, -0.2) is 0 Å². The van der Waals surface area contributed by atoms with Crippen molar-refractivity contribution >= 4 is 0 Å². The van der Waals surface area contributed by atoms with Gasteiger partial charge in [-0.05, 0) is 24.3 Å². The summed E-state index contributed by atoms with van der Waals surface area (Å²) in [6.45, 7) is 3.99. The van der Waals surface area contributed by atoms with Crippen molar-refractivity contribution in [3.05, 3.63) is 54.5 Å². The van der Waals surface area contributed by atoms with Crippen LogP contribution in [-0.2, 0) is 0 Å². The summed E-state index contributed by atoms with van der Waals surface area (Å²) in [6.07, 6.45) is 8.84. The first-order valence-electron chi connectivity index (χ1n) is 5.94. The molecule has 1 aliphatic carbocycles. The van der Waals surface area contributed by atoms with Crippen LogP contribution in [0.3, 0.4) is 0 Å². The molecule has 1 saturated carbocycles. The van der Waals surface area contributed by atoms with Crippen LogP contribution >= 0.6 is 0 Å². The predicted molar refractivity (Wildman–Crippen MR) is 65.7 cm³/mol. The van der Waals surface area contributed by atoms with E-state index in [1.54, 1.807) is 5.92 Å². The predicted octanol–water partition coefficient (Wildman–Crippen LogP) is 4.49. The van der Waals surface area contributed by atoms with Gasteiger partial charge in [0, 0.05) is 5.92 Å². The van der Waals surface area contributed by atoms with Gasteiger partial charge in [0.15, 0.2) is 0 Å². The van der Waals surface area contributed by atoms with E-state index in [4.69, 9.17) is 0 Å². The number of hydrogen-bond acceptors (Lipinski definition) is 0. The minimum Gasteiger partial charge on any atom is -0.102 e. The lowest BCUT2D eigenvalue weighted by Crippen LogP contribution is -2.12. The topological polar surface area (TPSA) is 0 Å². The fourth-order valence-corrected chi connectivity index (χ4v) is 2.52. The molecule has 79 valence electrons. The van der Waals surface area contributed by atoms with Crippen molar-refractivity contribution in [3.63, 3.8) is 0 Å². The summed E-state index contributed by atoms with van der Waals surface area (Å²) in [7, 11) is 0. The van der Waals surface area contributed by atoms with Crippen molar-refractivity contribution < 1.29 is 0 Å². The van der Waals surface area contributed by atoms with E-state index in [0.717, 1.165) is 0 Å². The first kappa shape index (κ1) is 10.5. The zero-order valence-corrected chi connectivity index (χ0v) is 9.28. The number of rotatable bonds is 3. The second-order valence-electron chi connectivity index (χ2n) is 4.34. The van der Waals surface area contributed by atoms with Gasteiger partial charge in [0.2, 0.25) is 0 Å². The molecule has 0 N–H and O–H groups in total. The molecule has 0 amide bonds. The zero-order chi connectivity index (χ0) is 10.5.